The van der Waals surface area contributed by atoms with Crippen LogP contribution >= 0.6 is 15.9 Å². The molecule has 1 aliphatic rings. The molecular formula is C22H26BrN5O2. The van der Waals surface area contributed by atoms with Crippen LogP contribution in [0, 0.1) is 0 Å². The second-order valence-electron chi connectivity index (χ2n) is 7.72. The van der Waals surface area contributed by atoms with Crippen molar-refractivity contribution in [3.8, 4) is 5.75 Å². The molecule has 3 heterocycles. The fourth-order valence-electron chi connectivity index (χ4n) is 3.93. The van der Waals surface area contributed by atoms with Gasteiger partial charge in [-0.1, -0.05) is 0 Å². The zero-order chi connectivity index (χ0) is 21.3. The second kappa shape index (κ2) is 8.55. The maximum absolute atomic E-state index is 12.0. The highest BCUT2D eigenvalue weighted by Gasteiger charge is 2.30. The van der Waals surface area contributed by atoms with Crippen LogP contribution < -0.4 is 19.9 Å². The number of fused-ring (bicyclic) bond motifs is 1. The molecule has 0 amide bonds. The van der Waals surface area contributed by atoms with Crippen LogP contribution in [0.4, 0.5) is 17.3 Å². The Hall–Kier alpha value is -2.74. The number of halogens is 1. The van der Waals surface area contributed by atoms with Crippen molar-refractivity contribution in [2.24, 2.45) is 0 Å². The second-order valence-corrected chi connectivity index (χ2v) is 8.51. The highest BCUT2D eigenvalue weighted by Crippen LogP contribution is 2.36. The number of hydrogen-bond acceptors (Lipinski definition) is 6. The van der Waals surface area contributed by atoms with Crippen molar-refractivity contribution in [3.63, 3.8) is 0 Å². The molecule has 0 aliphatic carbocycles. The number of ether oxygens (including phenoxy) is 1. The summed E-state index contributed by atoms with van der Waals surface area (Å²) in [5.41, 5.74) is 1.96. The number of nitrogens with one attached hydrogen (secondary N) is 2. The van der Waals surface area contributed by atoms with E-state index in [2.05, 4.69) is 60.9 Å². The summed E-state index contributed by atoms with van der Waals surface area (Å²) in [5.74, 6) is 2.59. The lowest BCUT2D eigenvalue weighted by Crippen LogP contribution is -2.54. The van der Waals surface area contributed by atoms with Gasteiger partial charge in [-0.05, 0) is 60.1 Å². The molecule has 8 heteroatoms. The number of benzene rings is 1. The van der Waals surface area contributed by atoms with E-state index >= 15 is 0 Å². The summed E-state index contributed by atoms with van der Waals surface area (Å²) in [4.78, 5) is 24.4. The number of aldehydes is 1. The number of anilines is 3. The first-order chi connectivity index (χ1) is 14.5. The van der Waals surface area contributed by atoms with Crippen molar-refractivity contribution in [2.75, 3.05) is 41.9 Å². The van der Waals surface area contributed by atoms with Gasteiger partial charge in [-0.2, -0.15) is 0 Å². The minimum absolute atomic E-state index is 0.276. The Morgan fingerprint density at radius 2 is 2.17 bits per heavy atom. The summed E-state index contributed by atoms with van der Waals surface area (Å²) < 4.78 is 6.28. The normalized spacial score (nSPS) is 16.9. The van der Waals surface area contributed by atoms with Gasteiger partial charge in [-0.25, -0.2) is 4.98 Å². The molecule has 158 valence electrons. The quantitative estimate of drug-likeness (QED) is 0.528. The van der Waals surface area contributed by atoms with Gasteiger partial charge in [0.15, 0.2) is 5.82 Å². The lowest BCUT2D eigenvalue weighted by atomic mass is 10.1. The van der Waals surface area contributed by atoms with Gasteiger partial charge >= 0.3 is 0 Å². The van der Waals surface area contributed by atoms with Crippen molar-refractivity contribution < 1.29 is 9.53 Å². The van der Waals surface area contributed by atoms with Crippen LogP contribution in [0.3, 0.4) is 0 Å². The number of aromatic nitrogens is 2. The highest BCUT2D eigenvalue weighted by atomic mass is 79.9. The number of carbonyl (C=O) groups excluding carboxylic acids is 1. The van der Waals surface area contributed by atoms with Crippen molar-refractivity contribution >= 4 is 50.4 Å². The molecule has 4 rings (SSSR count). The number of methoxy groups -OCH3 is 1. The minimum Gasteiger partial charge on any atom is -0.495 e. The van der Waals surface area contributed by atoms with E-state index in [1.54, 1.807) is 13.3 Å². The molecule has 1 fully saturated rings. The predicted molar refractivity (Wildman–Crippen MR) is 125 cm³/mol. The number of carbonyl (C=O) groups is 1. The van der Waals surface area contributed by atoms with Gasteiger partial charge in [-0.15, -0.1) is 0 Å². The highest BCUT2D eigenvalue weighted by molar-refractivity contribution is 9.10. The molecule has 1 atom stereocenters. The Morgan fingerprint density at radius 1 is 1.33 bits per heavy atom. The summed E-state index contributed by atoms with van der Waals surface area (Å²) in [6.07, 6.45) is 2.82. The van der Waals surface area contributed by atoms with Gasteiger partial charge in [0.25, 0.3) is 0 Å². The maximum Gasteiger partial charge on any atom is 0.152 e. The molecule has 1 aliphatic heterocycles. The third kappa shape index (κ3) is 3.84. The molecule has 3 aromatic rings. The average molecular weight is 472 g/mol. The summed E-state index contributed by atoms with van der Waals surface area (Å²) in [7, 11) is 1.65. The molecule has 1 unspecified atom stereocenters. The largest absolute Gasteiger partial charge is 0.495 e. The number of nitrogens with zero attached hydrogens (tertiary/aromatic N) is 3. The minimum atomic E-state index is -0.276. The standard InChI is InChI=1S/C22H26BrN5O2/c1-14(2)25-17-5-4-8-24-22(17)27-9-10-28(16(12-27)13-29)19-11-15-6-7-18(30-3)20(23)21(15)26-19/h4-8,11,13-14,16,25-26H,9-10,12H2,1-3H3. The molecule has 2 aromatic heterocycles. The first-order valence-corrected chi connectivity index (χ1v) is 10.8. The third-order valence-corrected chi connectivity index (χ3v) is 6.11. The van der Waals surface area contributed by atoms with Crippen LogP contribution in [0.1, 0.15) is 13.8 Å². The Labute approximate surface area is 184 Å². The summed E-state index contributed by atoms with van der Waals surface area (Å²) in [6.45, 7) is 6.27. The van der Waals surface area contributed by atoms with Gasteiger partial charge < -0.3 is 29.6 Å². The number of H-pyrrole nitrogens is 1. The molecule has 0 radical (unpaired) electrons. The zero-order valence-corrected chi connectivity index (χ0v) is 18.9. The van der Waals surface area contributed by atoms with E-state index in [4.69, 9.17) is 4.74 Å². The van der Waals surface area contributed by atoms with Gasteiger partial charge in [0.1, 0.15) is 23.9 Å². The maximum atomic E-state index is 12.0. The first-order valence-electron chi connectivity index (χ1n) is 10.1. The average Bonchev–Trinajstić information content (AvgIpc) is 3.18. The van der Waals surface area contributed by atoms with Gasteiger partial charge in [-0.3, -0.25) is 0 Å². The zero-order valence-electron chi connectivity index (χ0n) is 17.4. The summed E-state index contributed by atoms with van der Waals surface area (Å²) in [5, 5.41) is 4.52. The number of hydrogen-bond donors (Lipinski definition) is 2. The molecule has 1 saturated heterocycles. The van der Waals surface area contributed by atoms with E-state index in [0.717, 1.165) is 51.3 Å². The fourth-order valence-corrected chi connectivity index (χ4v) is 4.56. The molecule has 30 heavy (non-hydrogen) atoms. The van der Waals surface area contributed by atoms with E-state index in [1.807, 2.05) is 24.3 Å². The van der Waals surface area contributed by atoms with Crippen LogP contribution in [0.25, 0.3) is 10.9 Å². The van der Waals surface area contributed by atoms with Gasteiger partial charge in [0, 0.05) is 37.3 Å². The lowest BCUT2D eigenvalue weighted by Gasteiger charge is -2.40. The van der Waals surface area contributed by atoms with E-state index in [1.165, 1.54) is 0 Å². The smallest absolute Gasteiger partial charge is 0.152 e. The van der Waals surface area contributed by atoms with E-state index in [0.29, 0.717) is 19.1 Å². The number of pyridine rings is 1. The van der Waals surface area contributed by atoms with Crippen LogP contribution in [-0.4, -0.2) is 55.1 Å². The molecule has 2 N–H and O–H groups in total. The Balaban J connectivity index is 1.60. The first kappa shape index (κ1) is 20.5. The number of piperazine rings is 1. The van der Waals surface area contributed by atoms with E-state index in [9.17, 15) is 4.79 Å². The van der Waals surface area contributed by atoms with Crippen molar-refractivity contribution in [3.05, 3.63) is 41.0 Å². The molecule has 0 bridgehead atoms. The van der Waals surface area contributed by atoms with E-state index in [-0.39, 0.29) is 6.04 Å². The van der Waals surface area contributed by atoms with Crippen LogP contribution in [0.5, 0.6) is 5.75 Å². The predicted octanol–water partition coefficient (Wildman–Crippen LogP) is 4.05. The van der Waals surface area contributed by atoms with Crippen LogP contribution in [0.2, 0.25) is 0 Å². The van der Waals surface area contributed by atoms with Gasteiger partial charge in [0.2, 0.25) is 0 Å². The summed E-state index contributed by atoms with van der Waals surface area (Å²) in [6, 6.07) is 10.0. The number of rotatable bonds is 6. The topological polar surface area (TPSA) is 73.5 Å². The SMILES string of the molecule is COc1ccc2cc(N3CCN(c4ncccc4NC(C)C)CC3C=O)[nH]c2c1Br. The molecule has 1 aromatic carbocycles. The Bertz CT molecular complexity index is 1050. The summed E-state index contributed by atoms with van der Waals surface area (Å²) >= 11 is 3.61. The van der Waals surface area contributed by atoms with Crippen LogP contribution in [-0.2, 0) is 4.79 Å². The van der Waals surface area contributed by atoms with Crippen molar-refractivity contribution in [2.45, 2.75) is 25.9 Å². The monoisotopic (exact) mass is 471 g/mol. The number of aromatic amines is 1. The van der Waals surface area contributed by atoms with Gasteiger partial charge in [0.05, 0.1) is 22.8 Å². The molecule has 7 nitrogen and oxygen atoms in total. The van der Waals surface area contributed by atoms with Crippen LogP contribution in [0.15, 0.2) is 41.0 Å². The fraction of sp³-hybridized carbons (Fsp3) is 0.364. The van der Waals surface area contributed by atoms with Crippen molar-refractivity contribution in [1.82, 2.24) is 9.97 Å². The lowest BCUT2D eigenvalue weighted by molar-refractivity contribution is -0.109. The molecule has 0 saturated carbocycles. The molecule has 0 spiro atoms. The van der Waals surface area contributed by atoms with Crippen molar-refractivity contribution in [1.29, 1.82) is 0 Å². The Kier molecular flexibility index (Phi) is 5.85. The third-order valence-electron chi connectivity index (χ3n) is 5.32. The molecular weight excluding hydrogens is 446 g/mol. The van der Waals surface area contributed by atoms with E-state index < -0.39 is 0 Å². The Morgan fingerprint density at radius 3 is 2.90 bits per heavy atom.